The van der Waals surface area contributed by atoms with Crippen molar-refractivity contribution in [3.63, 3.8) is 0 Å². The number of hydrogen-bond donors (Lipinski definition) is 2. The summed E-state index contributed by atoms with van der Waals surface area (Å²) >= 11 is 1.19. The summed E-state index contributed by atoms with van der Waals surface area (Å²) in [7, 11) is -3.76. The van der Waals surface area contributed by atoms with Crippen LogP contribution in [0.25, 0.3) is 0 Å². The van der Waals surface area contributed by atoms with Gasteiger partial charge in [-0.3, -0.25) is 9.52 Å². The molecule has 0 aliphatic rings. The van der Waals surface area contributed by atoms with Gasteiger partial charge in [0.2, 0.25) is 5.91 Å². The van der Waals surface area contributed by atoms with Crippen LogP contribution in [-0.4, -0.2) is 14.3 Å². The number of sulfonamides is 1. The number of alkyl halides is 3. The SMILES string of the molecule is O=C(Nc1cccc(C(F)(F)F)c1)C(Sc1ccc(NS(=O)(=O)c2ccccc2)cc1)c1ccccc1. The largest absolute Gasteiger partial charge is 0.416 e. The van der Waals surface area contributed by atoms with Crippen LogP contribution in [-0.2, 0) is 21.0 Å². The van der Waals surface area contributed by atoms with Crippen molar-refractivity contribution >= 4 is 39.1 Å². The average molecular weight is 543 g/mol. The molecule has 2 N–H and O–H groups in total. The number of halogens is 3. The third kappa shape index (κ3) is 6.93. The highest BCUT2D eigenvalue weighted by Gasteiger charge is 2.31. The zero-order valence-corrected chi connectivity index (χ0v) is 20.8. The molecule has 0 aliphatic heterocycles. The minimum absolute atomic E-state index is 0.0343. The van der Waals surface area contributed by atoms with E-state index in [9.17, 15) is 26.4 Å². The van der Waals surface area contributed by atoms with Crippen molar-refractivity contribution in [2.45, 2.75) is 21.2 Å². The molecule has 190 valence electrons. The van der Waals surface area contributed by atoms with Crippen molar-refractivity contribution in [3.8, 4) is 0 Å². The van der Waals surface area contributed by atoms with E-state index in [-0.39, 0.29) is 10.6 Å². The number of benzene rings is 4. The maximum absolute atomic E-state index is 13.2. The maximum atomic E-state index is 13.2. The molecule has 0 saturated carbocycles. The van der Waals surface area contributed by atoms with E-state index in [4.69, 9.17) is 0 Å². The Balaban J connectivity index is 1.53. The van der Waals surface area contributed by atoms with Gasteiger partial charge in [0.15, 0.2) is 0 Å². The van der Waals surface area contributed by atoms with Gasteiger partial charge >= 0.3 is 6.18 Å². The highest BCUT2D eigenvalue weighted by molar-refractivity contribution is 8.00. The molecule has 1 atom stereocenters. The molecule has 0 saturated heterocycles. The molecule has 37 heavy (non-hydrogen) atoms. The molecule has 1 unspecified atom stereocenters. The summed E-state index contributed by atoms with van der Waals surface area (Å²) < 4.78 is 66.9. The molecule has 0 bridgehead atoms. The topological polar surface area (TPSA) is 75.3 Å². The van der Waals surface area contributed by atoms with E-state index in [1.807, 2.05) is 0 Å². The number of amides is 1. The zero-order valence-electron chi connectivity index (χ0n) is 19.1. The minimum atomic E-state index is -4.53. The Kier molecular flexibility index (Phi) is 7.89. The normalized spacial score (nSPS) is 12.5. The molecule has 4 aromatic carbocycles. The molecule has 4 aromatic rings. The molecular weight excluding hydrogens is 521 g/mol. The van der Waals surface area contributed by atoms with Gasteiger partial charge in [0.1, 0.15) is 5.25 Å². The van der Waals surface area contributed by atoms with E-state index in [0.29, 0.717) is 16.1 Å². The highest BCUT2D eigenvalue weighted by atomic mass is 32.2. The molecule has 5 nitrogen and oxygen atoms in total. The van der Waals surface area contributed by atoms with Gasteiger partial charge in [-0.25, -0.2) is 8.42 Å². The first kappa shape index (κ1) is 26.3. The summed E-state index contributed by atoms with van der Waals surface area (Å²) in [5.74, 6) is -0.496. The van der Waals surface area contributed by atoms with Crippen LogP contribution < -0.4 is 10.0 Å². The van der Waals surface area contributed by atoms with Crippen molar-refractivity contribution in [2.24, 2.45) is 0 Å². The van der Waals surface area contributed by atoms with Crippen LogP contribution in [0.1, 0.15) is 16.4 Å². The molecule has 0 spiro atoms. The predicted octanol–water partition coefficient (Wildman–Crippen LogP) is 6.98. The Hall–Kier alpha value is -3.76. The van der Waals surface area contributed by atoms with Gasteiger partial charge in [0.05, 0.1) is 10.5 Å². The standard InChI is InChI=1S/C27H21F3N2O3S2/c28-27(29,30)20-10-7-11-22(18-20)31-26(33)25(19-8-3-1-4-9-19)36-23-16-14-21(15-17-23)32-37(34,35)24-12-5-2-6-13-24/h1-18,25,32H,(H,31,33). The lowest BCUT2D eigenvalue weighted by molar-refractivity contribution is -0.137. The van der Waals surface area contributed by atoms with Crippen LogP contribution in [0, 0.1) is 0 Å². The fourth-order valence-electron chi connectivity index (χ4n) is 3.43. The highest BCUT2D eigenvalue weighted by Crippen LogP contribution is 2.37. The van der Waals surface area contributed by atoms with Crippen molar-refractivity contribution in [1.82, 2.24) is 0 Å². The third-order valence-electron chi connectivity index (χ3n) is 5.21. The fraction of sp³-hybridized carbons (Fsp3) is 0.0741. The second kappa shape index (κ2) is 11.1. The van der Waals surface area contributed by atoms with E-state index in [1.54, 1.807) is 72.8 Å². The Morgan fingerprint density at radius 1 is 0.757 bits per heavy atom. The van der Waals surface area contributed by atoms with Gasteiger partial charge in [-0.1, -0.05) is 54.6 Å². The lowest BCUT2D eigenvalue weighted by atomic mass is 10.1. The van der Waals surface area contributed by atoms with Gasteiger partial charge in [0.25, 0.3) is 10.0 Å². The van der Waals surface area contributed by atoms with E-state index >= 15 is 0 Å². The van der Waals surface area contributed by atoms with Gasteiger partial charge in [-0.15, -0.1) is 11.8 Å². The molecule has 10 heteroatoms. The number of nitrogens with one attached hydrogen (secondary N) is 2. The zero-order chi connectivity index (χ0) is 26.5. The van der Waals surface area contributed by atoms with Crippen molar-refractivity contribution in [3.05, 3.63) is 120 Å². The fourth-order valence-corrected chi connectivity index (χ4v) is 5.54. The molecule has 0 aliphatic carbocycles. The first-order valence-electron chi connectivity index (χ1n) is 11.0. The summed E-state index contributed by atoms with van der Waals surface area (Å²) in [6.45, 7) is 0. The van der Waals surface area contributed by atoms with E-state index in [2.05, 4.69) is 10.0 Å². The maximum Gasteiger partial charge on any atom is 0.416 e. The Morgan fingerprint density at radius 2 is 1.38 bits per heavy atom. The monoisotopic (exact) mass is 542 g/mol. The summed E-state index contributed by atoms with van der Waals surface area (Å²) in [4.78, 5) is 14.0. The van der Waals surface area contributed by atoms with Gasteiger partial charge in [0, 0.05) is 16.3 Å². The molecule has 0 heterocycles. The van der Waals surface area contributed by atoms with E-state index in [0.717, 1.165) is 12.1 Å². The molecular formula is C27H21F3N2O3S2. The lowest BCUT2D eigenvalue weighted by Gasteiger charge is -2.18. The van der Waals surface area contributed by atoms with Crippen molar-refractivity contribution in [1.29, 1.82) is 0 Å². The van der Waals surface area contributed by atoms with Crippen LogP contribution in [0.3, 0.4) is 0 Å². The average Bonchev–Trinajstić information content (AvgIpc) is 2.89. The van der Waals surface area contributed by atoms with Crippen LogP contribution in [0.4, 0.5) is 24.5 Å². The van der Waals surface area contributed by atoms with Gasteiger partial charge in [-0.05, 0) is 60.2 Å². The molecule has 0 fully saturated rings. The third-order valence-corrected chi connectivity index (χ3v) is 7.88. The van der Waals surface area contributed by atoms with Crippen molar-refractivity contribution < 1.29 is 26.4 Å². The molecule has 4 rings (SSSR count). The van der Waals surface area contributed by atoms with Crippen molar-refractivity contribution in [2.75, 3.05) is 10.0 Å². The number of thioether (sulfide) groups is 1. The van der Waals surface area contributed by atoms with Crippen LogP contribution in [0.2, 0.25) is 0 Å². The Bertz CT molecular complexity index is 1460. The predicted molar refractivity (Wildman–Crippen MR) is 139 cm³/mol. The molecule has 1 amide bonds. The number of carbonyl (C=O) groups is 1. The van der Waals surface area contributed by atoms with E-state index < -0.39 is 32.9 Å². The second-order valence-electron chi connectivity index (χ2n) is 7.92. The van der Waals surface area contributed by atoms with Crippen LogP contribution in [0.5, 0.6) is 0 Å². The number of carbonyl (C=O) groups excluding carboxylic acids is 1. The summed E-state index contributed by atoms with van der Waals surface area (Å²) in [6, 6.07) is 27.7. The Labute approximate surface area is 216 Å². The number of anilines is 2. The smallest absolute Gasteiger partial charge is 0.325 e. The van der Waals surface area contributed by atoms with Gasteiger partial charge in [-0.2, -0.15) is 13.2 Å². The molecule has 0 aromatic heterocycles. The van der Waals surface area contributed by atoms with Crippen LogP contribution in [0.15, 0.2) is 119 Å². The summed E-state index contributed by atoms with van der Waals surface area (Å²) in [5.41, 5.74) is 0.179. The second-order valence-corrected chi connectivity index (χ2v) is 10.8. The lowest BCUT2D eigenvalue weighted by Crippen LogP contribution is -2.19. The van der Waals surface area contributed by atoms with Gasteiger partial charge < -0.3 is 5.32 Å². The first-order chi connectivity index (χ1) is 17.6. The Morgan fingerprint density at radius 3 is 2.00 bits per heavy atom. The summed E-state index contributed by atoms with van der Waals surface area (Å²) in [5, 5.41) is 1.81. The quantitative estimate of drug-likeness (QED) is 0.236. The first-order valence-corrected chi connectivity index (χ1v) is 13.4. The van der Waals surface area contributed by atoms with E-state index in [1.165, 1.54) is 36.0 Å². The number of rotatable bonds is 8. The molecule has 0 radical (unpaired) electrons. The number of hydrogen-bond acceptors (Lipinski definition) is 4. The summed E-state index contributed by atoms with van der Waals surface area (Å²) in [6.07, 6.45) is -4.53. The van der Waals surface area contributed by atoms with Crippen LogP contribution >= 0.6 is 11.8 Å². The minimum Gasteiger partial charge on any atom is -0.325 e.